The van der Waals surface area contributed by atoms with E-state index in [1.165, 1.54) is 6.92 Å². The Kier molecular flexibility index (Phi) is 5.55. The highest BCUT2D eigenvalue weighted by Gasteiger charge is 2.40. The molecule has 0 heterocycles. The molecular weight excluding hydrogens is 258 g/mol. The van der Waals surface area contributed by atoms with Crippen LogP contribution in [0.3, 0.4) is 0 Å². The van der Waals surface area contributed by atoms with E-state index in [1.54, 1.807) is 6.92 Å². The zero-order chi connectivity index (χ0) is 15.2. The summed E-state index contributed by atoms with van der Waals surface area (Å²) in [5, 5.41) is 11.8. The molecule has 2 atom stereocenters. The third kappa shape index (κ3) is 3.98. The van der Waals surface area contributed by atoms with E-state index in [1.807, 2.05) is 37.3 Å². The van der Waals surface area contributed by atoms with Crippen molar-refractivity contribution < 1.29 is 19.4 Å². The number of benzene rings is 1. The van der Waals surface area contributed by atoms with Crippen LogP contribution < -0.4 is 5.32 Å². The second-order valence-electron chi connectivity index (χ2n) is 5.00. The Bertz CT molecular complexity index is 460. The lowest BCUT2D eigenvalue weighted by atomic mass is 9.85. The Balaban J connectivity index is 2.61. The van der Waals surface area contributed by atoms with Gasteiger partial charge in [0.1, 0.15) is 12.1 Å². The summed E-state index contributed by atoms with van der Waals surface area (Å²) < 4.78 is 5.06. The fraction of sp³-hybridized carbons (Fsp3) is 0.467. The third-order valence-corrected chi connectivity index (χ3v) is 3.62. The van der Waals surface area contributed by atoms with Crippen LogP contribution in [0.25, 0.3) is 0 Å². The van der Waals surface area contributed by atoms with Gasteiger partial charge in [-0.05, 0) is 18.4 Å². The molecule has 0 saturated heterocycles. The highest BCUT2D eigenvalue weighted by molar-refractivity contribution is 5.84. The summed E-state index contributed by atoms with van der Waals surface area (Å²) in [7, 11) is 0. The molecule has 0 bridgehead atoms. The van der Waals surface area contributed by atoms with Crippen LogP contribution in [-0.2, 0) is 16.1 Å². The topological polar surface area (TPSA) is 75.6 Å². The minimum absolute atomic E-state index is 0.114. The molecule has 0 aliphatic rings. The quantitative estimate of drug-likeness (QED) is 0.839. The van der Waals surface area contributed by atoms with Crippen molar-refractivity contribution in [3.8, 4) is 0 Å². The monoisotopic (exact) mass is 279 g/mol. The molecule has 0 aromatic heterocycles. The molecule has 20 heavy (non-hydrogen) atoms. The number of carbonyl (C=O) groups is 2. The zero-order valence-corrected chi connectivity index (χ0v) is 12.1. The number of carboxylic acid groups (broad SMARTS) is 1. The minimum atomic E-state index is -1.33. The molecule has 0 aliphatic heterocycles. The van der Waals surface area contributed by atoms with Gasteiger partial charge in [0.15, 0.2) is 0 Å². The highest BCUT2D eigenvalue weighted by atomic mass is 16.5. The van der Waals surface area contributed by atoms with Crippen LogP contribution in [0, 0.1) is 5.92 Å². The Morgan fingerprint density at radius 1 is 1.35 bits per heavy atom. The predicted molar refractivity (Wildman–Crippen MR) is 75.3 cm³/mol. The van der Waals surface area contributed by atoms with Gasteiger partial charge in [0, 0.05) is 0 Å². The molecule has 5 nitrogen and oxygen atoms in total. The number of alkyl carbamates (subject to hydrolysis) is 1. The smallest absolute Gasteiger partial charge is 0.408 e. The molecule has 2 N–H and O–H groups in total. The Morgan fingerprint density at radius 2 is 1.95 bits per heavy atom. The lowest BCUT2D eigenvalue weighted by Crippen LogP contribution is -2.56. The van der Waals surface area contributed by atoms with E-state index in [9.17, 15) is 14.7 Å². The molecule has 110 valence electrons. The van der Waals surface area contributed by atoms with E-state index >= 15 is 0 Å². The summed E-state index contributed by atoms with van der Waals surface area (Å²) in [5.74, 6) is -1.27. The van der Waals surface area contributed by atoms with E-state index in [4.69, 9.17) is 4.74 Å². The molecule has 0 radical (unpaired) electrons. The Labute approximate surface area is 118 Å². The fourth-order valence-corrected chi connectivity index (χ4v) is 1.77. The summed E-state index contributed by atoms with van der Waals surface area (Å²) in [4.78, 5) is 23.1. The van der Waals surface area contributed by atoms with Crippen molar-refractivity contribution in [2.75, 3.05) is 0 Å². The molecule has 1 rings (SSSR count). The zero-order valence-electron chi connectivity index (χ0n) is 12.1. The standard InChI is InChI=1S/C15H21NO4/c1-4-11(2)15(3,13(17)18)16-14(19)20-10-12-8-6-5-7-9-12/h5-9,11H,4,10H2,1-3H3,(H,16,19)(H,17,18)/t11-,15?/m0/s1. The first kappa shape index (κ1) is 16.0. The summed E-state index contributed by atoms with van der Waals surface area (Å²) >= 11 is 0. The van der Waals surface area contributed by atoms with Crippen molar-refractivity contribution in [1.82, 2.24) is 5.32 Å². The van der Waals surface area contributed by atoms with E-state index in [2.05, 4.69) is 5.32 Å². The van der Waals surface area contributed by atoms with Gasteiger partial charge >= 0.3 is 12.1 Å². The second-order valence-corrected chi connectivity index (χ2v) is 5.00. The molecule has 0 fully saturated rings. The maximum absolute atomic E-state index is 11.8. The maximum Gasteiger partial charge on any atom is 0.408 e. The summed E-state index contributed by atoms with van der Waals surface area (Å²) in [6.45, 7) is 5.27. The van der Waals surface area contributed by atoms with Gasteiger partial charge in [-0.1, -0.05) is 50.6 Å². The predicted octanol–water partition coefficient (Wildman–Crippen LogP) is 2.80. The van der Waals surface area contributed by atoms with Crippen LogP contribution in [0.2, 0.25) is 0 Å². The van der Waals surface area contributed by atoms with Gasteiger partial charge in [-0.15, -0.1) is 0 Å². The number of carboxylic acids is 1. The minimum Gasteiger partial charge on any atom is -0.480 e. The van der Waals surface area contributed by atoms with Gasteiger partial charge in [-0.25, -0.2) is 9.59 Å². The fourth-order valence-electron chi connectivity index (χ4n) is 1.77. The Morgan fingerprint density at radius 3 is 2.45 bits per heavy atom. The van der Waals surface area contributed by atoms with Gasteiger partial charge in [0.2, 0.25) is 0 Å². The average molecular weight is 279 g/mol. The van der Waals surface area contributed by atoms with Crippen molar-refractivity contribution >= 4 is 12.1 Å². The van der Waals surface area contributed by atoms with Crippen LogP contribution in [0.5, 0.6) is 0 Å². The molecule has 5 heteroatoms. The van der Waals surface area contributed by atoms with Crippen molar-refractivity contribution in [3.63, 3.8) is 0 Å². The van der Waals surface area contributed by atoms with Crippen molar-refractivity contribution in [2.24, 2.45) is 5.92 Å². The van der Waals surface area contributed by atoms with Crippen LogP contribution in [-0.4, -0.2) is 22.7 Å². The summed E-state index contributed by atoms with van der Waals surface area (Å²) in [5.41, 5.74) is -0.481. The van der Waals surface area contributed by atoms with Crippen LogP contribution >= 0.6 is 0 Å². The molecule has 1 amide bonds. The molecular formula is C15H21NO4. The molecule has 0 aliphatic carbocycles. The first-order valence-corrected chi connectivity index (χ1v) is 6.62. The summed E-state index contributed by atoms with van der Waals surface area (Å²) in [6.07, 6.45) is -0.0825. The van der Waals surface area contributed by atoms with E-state index in [0.29, 0.717) is 6.42 Å². The van der Waals surface area contributed by atoms with Crippen molar-refractivity contribution in [2.45, 2.75) is 39.3 Å². The summed E-state index contributed by atoms with van der Waals surface area (Å²) in [6, 6.07) is 9.22. The lowest BCUT2D eigenvalue weighted by Gasteiger charge is -2.31. The number of amides is 1. The largest absolute Gasteiger partial charge is 0.480 e. The van der Waals surface area contributed by atoms with Gasteiger partial charge in [0.25, 0.3) is 0 Å². The Hall–Kier alpha value is -2.04. The number of nitrogens with one attached hydrogen (secondary N) is 1. The number of aliphatic carboxylic acids is 1. The normalized spacial score (nSPS) is 14.9. The SMILES string of the molecule is CC[C@H](C)C(C)(NC(=O)OCc1ccccc1)C(=O)O. The van der Waals surface area contributed by atoms with Gasteiger partial charge < -0.3 is 15.2 Å². The van der Waals surface area contributed by atoms with Crippen LogP contribution in [0.15, 0.2) is 30.3 Å². The van der Waals surface area contributed by atoms with E-state index < -0.39 is 17.6 Å². The average Bonchev–Trinajstić information content (AvgIpc) is 2.45. The number of ether oxygens (including phenoxy) is 1. The first-order chi connectivity index (χ1) is 9.40. The molecule has 1 aromatic rings. The number of hydrogen-bond donors (Lipinski definition) is 2. The maximum atomic E-state index is 11.8. The van der Waals surface area contributed by atoms with Gasteiger partial charge in [-0.2, -0.15) is 0 Å². The van der Waals surface area contributed by atoms with Crippen molar-refractivity contribution in [3.05, 3.63) is 35.9 Å². The number of hydrogen-bond acceptors (Lipinski definition) is 3. The second kappa shape index (κ2) is 6.93. The number of carbonyl (C=O) groups excluding carboxylic acids is 1. The highest BCUT2D eigenvalue weighted by Crippen LogP contribution is 2.20. The van der Waals surface area contributed by atoms with E-state index in [-0.39, 0.29) is 12.5 Å². The van der Waals surface area contributed by atoms with E-state index in [0.717, 1.165) is 5.56 Å². The van der Waals surface area contributed by atoms with Crippen LogP contribution in [0.1, 0.15) is 32.8 Å². The molecule has 1 aromatic carbocycles. The first-order valence-electron chi connectivity index (χ1n) is 6.62. The van der Waals surface area contributed by atoms with Gasteiger partial charge in [0.05, 0.1) is 0 Å². The molecule has 1 unspecified atom stereocenters. The lowest BCUT2D eigenvalue weighted by molar-refractivity contribution is -0.146. The van der Waals surface area contributed by atoms with Gasteiger partial charge in [-0.3, -0.25) is 0 Å². The van der Waals surface area contributed by atoms with Crippen LogP contribution in [0.4, 0.5) is 4.79 Å². The third-order valence-electron chi connectivity index (χ3n) is 3.62. The molecule has 0 spiro atoms. The molecule has 0 saturated carbocycles. The van der Waals surface area contributed by atoms with Crippen molar-refractivity contribution in [1.29, 1.82) is 0 Å². The number of rotatable bonds is 6.